The molecule has 0 saturated heterocycles. The highest BCUT2D eigenvalue weighted by Gasteiger charge is 2.61. The van der Waals surface area contributed by atoms with Crippen molar-refractivity contribution in [2.45, 2.75) is 37.5 Å². The number of fused-ring (bicyclic) bond motifs is 5. The highest BCUT2D eigenvalue weighted by Crippen LogP contribution is 2.69. The molecule has 4 aliphatic carbocycles. The second-order valence-electron chi connectivity index (χ2n) is 16.6. The minimum atomic E-state index is -0.0291. The van der Waals surface area contributed by atoms with Gasteiger partial charge in [-0.15, -0.1) is 0 Å². The van der Waals surface area contributed by atoms with Crippen LogP contribution in [0.2, 0.25) is 0 Å². The van der Waals surface area contributed by atoms with Crippen LogP contribution in [-0.4, -0.2) is 4.57 Å². The van der Waals surface area contributed by atoms with Gasteiger partial charge >= 0.3 is 0 Å². The molecule has 0 amide bonds. The minimum absolute atomic E-state index is 0.0291. The van der Waals surface area contributed by atoms with Crippen LogP contribution >= 0.6 is 0 Å². The summed E-state index contributed by atoms with van der Waals surface area (Å²) in [4.78, 5) is 2.49. The van der Waals surface area contributed by atoms with Crippen LogP contribution in [0.1, 0.15) is 43.2 Å². The maximum atomic E-state index is 6.85. The maximum absolute atomic E-state index is 6.85. The van der Waals surface area contributed by atoms with Gasteiger partial charge in [0.1, 0.15) is 11.5 Å². The second-order valence-corrected chi connectivity index (χ2v) is 16.6. The van der Waals surface area contributed by atoms with Crippen molar-refractivity contribution < 1.29 is 4.74 Å². The van der Waals surface area contributed by atoms with E-state index in [-0.39, 0.29) is 5.41 Å². The Kier molecular flexibility index (Phi) is 6.81. The molecule has 4 fully saturated rings. The Bertz CT molecular complexity index is 2680. The largest absolute Gasteiger partial charge is 0.457 e. The van der Waals surface area contributed by atoms with Gasteiger partial charge < -0.3 is 14.2 Å². The molecule has 1 aliphatic heterocycles. The number of hydrogen-bond acceptors (Lipinski definition) is 2. The molecule has 3 heteroatoms. The normalized spacial score (nSPS) is 23.1. The number of ether oxygens (including phenoxy) is 1. The molecule has 1 aromatic heterocycles. The van der Waals surface area contributed by atoms with Crippen LogP contribution in [0, 0.1) is 23.7 Å². The molecule has 7 aromatic carbocycles. The molecule has 5 aliphatic rings. The van der Waals surface area contributed by atoms with Gasteiger partial charge in [-0.05, 0) is 128 Å². The van der Waals surface area contributed by atoms with Crippen molar-refractivity contribution in [3.8, 4) is 28.3 Å². The van der Waals surface area contributed by atoms with Crippen molar-refractivity contribution in [1.29, 1.82) is 0 Å². The maximum Gasteiger partial charge on any atom is 0.131 e. The van der Waals surface area contributed by atoms with Crippen molar-refractivity contribution >= 4 is 38.9 Å². The summed E-state index contributed by atoms with van der Waals surface area (Å²) in [7, 11) is 0. The van der Waals surface area contributed by atoms with E-state index in [9.17, 15) is 0 Å². The van der Waals surface area contributed by atoms with E-state index in [1.165, 1.54) is 81.9 Å². The first-order valence-electron chi connectivity index (χ1n) is 20.2. The molecule has 4 bridgehead atoms. The van der Waals surface area contributed by atoms with Gasteiger partial charge in [0.05, 0.1) is 16.7 Å². The lowest BCUT2D eigenvalue weighted by atomic mass is 9.42. The third kappa shape index (κ3) is 4.56. The zero-order valence-corrected chi connectivity index (χ0v) is 30.8. The van der Waals surface area contributed by atoms with Gasteiger partial charge in [0.15, 0.2) is 0 Å². The summed E-state index contributed by atoms with van der Waals surface area (Å²) < 4.78 is 9.26. The summed E-state index contributed by atoms with van der Waals surface area (Å²) in [6.07, 6.45) is 6.75. The Morgan fingerprint density at radius 3 is 1.80 bits per heavy atom. The third-order valence-corrected chi connectivity index (χ3v) is 13.8. The van der Waals surface area contributed by atoms with Crippen LogP contribution in [0.3, 0.4) is 0 Å². The Labute approximate surface area is 322 Å². The average molecular weight is 711 g/mol. The van der Waals surface area contributed by atoms with Gasteiger partial charge in [-0.3, -0.25) is 0 Å². The quantitative estimate of drug-likeness (QED) is 0.177. The van der Waals surface area contributed by atoms with E-state index >= 15 is 0 Å². The zero-order chi connectivity index (χ0) is 36.1. The second kappa shape index (κ2) is 12.0. The molecule has 0 radical (unpaired) electrons. The fraction of sp³-hybridized carbons (Fsp3) is 0.192. The molecule has 266 valence electrons. The smallest absolute Gasteiger partial charge is 0.131 e. The highest BCUT2D eigenvalue weighted by atomic mass is 16.5. The molecule has 0 N–H and O–H groups in total. The lowest BCUT2D eigenvalue weighted by Crippen LogP contribution is -2.57. The number of benzene rings is 7. The Hall–Kier alpha value is -6.06. The van der Waals surface area contributed by atoms with Crippen molar-refractivity contribution in [3.05, 3.63) is 181 Å². The van der Waals surface area contributed by atoms with Gasteiger partial charge in [0, 0.05) is 49.9 Å². The first-order chi connectivity index (χ1) is 27.2. The summed E-state index contributed by atoms with van der Waals surface area (Å²) >= 11 is 0. The van der Waals surface area contributed by atoms with Gasteiger partial charge in [-0.2, -0.15) is 0 Å². The van der Waals surface area contributed by atoms with E-state index in [1.54, 1.807) is 0 Å². The van der Waals surface area contributed by atoms with Crippen molar-refractivity contribution in [2.24, 2.45) is 23.7 Å². The number of aromatic nitrogens is 1. The number of rotatable bonds is 5. The third-order valence-electron chi connectivity index (χ3n) is 13.8. The van der Waals surface area contributed by atoms with E-state index in [0.717, 1.165) is 40.4 Å². The fourth-order valence-corrected chi connectivity index (χ4v) is 11.9. The fourth-order valence-electron chi connectivity index (χ4n) is 11.9. The van der Waals surface area contributed by atoms with Crippen LogP contribution in [0.15, 0.2) is 170 Å². The molecule has 1 spiro atoms. The van der Waals surface area contributed by atoms with Crippen LogP contribution < -0.4 is 9.64 Å². The van der Waals surface area contributed by atoms with Gasteiger partial charge in [0.25, 0.3) is 0 Å². The summed E-state index contributed by atoms with van der Waals surface area (Å²) in [6, 6.07) is 62.5. The molecule has 4 saturated carbocycles. The zero-order valence-electron chi connectivity index (χ0n) is 30.8. The van der Waals surface area contributed by atoms with Gasteiger partial charge in [0.2, 0.25) is 0 Å². The first-order valence-corrected chi connectivity index (χ1v) is 20.2. The van der Waals surface area contributed by atoms with E-state index in [1.807, 2.05) is 0 Å². The molecule has 3 nitrogen and oxygen atoms in total. The minimum Gasteiger partial charge on any atom is -0.457 e. The summed E-state index contributed by atoms with van der Waals surface area (Å²) in [5.41, 5.74) is 12.2. The van der Waals surface area contributed by atoms with Crippen LogP contribution in [-0.2, 0) is 5.41 Å². The molecule has 0 atom stereocenters. The molecule has 0 unspecified atom stereocenters. The van der Waals surface area contributed by atoms with Crippen molar-refractivity contribution in [1.82, 2.24) is 4.57 Å². The lowest BCUT2D eigenvalue weighted by molar-refractivity contribution is -0.0452. The monoisotopic (exact) mass is 710 g/mol. The Morgan fingerprint density at radius 1 is 0.491 bits per heavy atom. The predicted molar refractivity (Wildman–Crippen MR) is 225 cm³/mol. The van der Waals surface area contributed by atoms with E-state index < -0.39 is 0 Å². The molecular formula is C52H42N2O. The van der Waals surface area contributed by atoms with Gasteiger partial charge in [-0.1, -0.05) is 103 Å². The van der Waals surface area contributed by atoms with Crippen molar-refractivity contribution in [3.63, 3.8) is 0 Å². The average Bonchev–Trinajstić information content (AvgIpc) is 3.57. The van der Waals surface area contributed by atoms with E-state index in [4.69, 9.17) is 4.74 Å². The van der Waals surface area contributed by atoms with Crippen molar-refractivity contribution in [2.75, 3.05) is 4.90 Å². The summed E-state index contributed by atoms with van der Waals surface area (Å²) in [5, 5.41) is 2.55. The number of hydrogen-bond donors (Lipinski definition) is 0. The van der Waals surface area contributed by atoms with Crippen LogP contribution in [0.25, 0.3) is 38.6 Å². The molecular weight excluding hydrogens is 669 g/mol. The Morgan fingerprint density at radius 2 is 1.07 bits per heavy atom. The molecule has 55 heavy (non-hydrogen) atoms. The highest BCUT2D eigenvalue weighted by molar-refractivity contribution is 6.09. The predicted octanol–water partition coefficient (Wildman–Crippen LogP) is 13.8. The molecule has 13 rings (SSSR count). The van der Waals surface area contributed by atoms with E-state index in [0.29, 0.717) is 11.8 Å². The van der Waals surface area contributed by atoms with Crippen LogP contribution in [0.5, 0.6) is 11.5 Å². The van der Waals surface area contributed by atoms with E-state index in [2.05, 4.69) is 179 Å². The summed E-state index contributed by atoms with van der Waals surface area (Å²) in [6.45, 7) is 0. The number of nitrogens with zero attached hydrogens (tertiary/aromatic N) is 2. The van der Waals surface area contributed by atoms with Crippen LogP contribution in [0.4, 0.5) is 17.1 Å². The standard InChI is InChI=1S/C52H42N2O/c1-2-12-36(13-3-1)42-14-4-8-18-47(42)53(39-22-24-40(25-23-39)54-48-19-9-5-15-43(48)44-16-6-10-20-49(44)54)41-26-27-51-46(33-41)52(45-17-7-11-21-50(45)55-51)37-29-34-28-35(31-37)32-38(52)30-34/h1-27,33-35,37-38H,28-32H2. The Balaban J connectivity index is 1.06. The number of para-hydroxylation sites is 4. The number of anilines is 3. The lowest BCUT2D eigenvalue weighted by Gasteiger charge is -2.63. The molecule has 2 heterocycles. The SMILES string of the molecule is c1ccc(-c2ccccc2N(c2ccc(-n3c4ccccc4c4ccccc43)cc2)c2ccc3c(c2)C2(c4ccccc4O3)C3CC4CC(C3)CC2C4)cc1. The first kappa shape index (κ1) is 31.3. The van der Waals surface area contributed by atoms with Gasteiger partial charge in [-0.25, -0.2) is 0 Å². The summed E-state index contributed by atoms with van der Waals surface area (Å²) in [5.74, 6) is 5.11. The topological polar surface area (TPSA) is 17.4 Å². The molecule has 8 aromatic rings.